The van der Waals surface area contributed by atoms with Crippen molar-refractivity contribution >= 4 is 40.9 Å². The first-order valence-corrected chi connectivity index (χ1v) is 6.53. The van der Waals surface area contributed by atoms with Gasteiger partial charge in [-0.1, -0.05) is 34.8 Å². The summed E-state index contributed by atoms with van der Waals surface area (Å²) in [7, 11) is 0. The smallest absolute Gasteiger partial charge is 0.402 e. The lowest BCUT2D eigenvalue weighted by molar-refractivity contribution is 0.205. The predicted octanol–water partition coefficient (Wildman–Crippen LogP) is 4.77. The first-order valence-electron chi connectivity index (χ1n) is 5.39. The number of amides is 1. The molecular formula is C13H10Cl3NO4. The molecule has 0 saturated heterocycles. The Balaban J connectivity index is 0.000000491. The molecule has 112 valence electrons. The van der Waals surface area contributed by atoms with Gasteiger partial charge in [-0.3, -0.25) is 0 Å². The molecule has 0 bridgehead atoms. The average Bonchev–Trinajstić information content (AvgIpc) is 2.35. The van der Waals surface area contributed by atoms with Crippen LogP contribution in [0.1, 0.15) is 0 Å². The number of phenolic OH excluding ortho intramolecular Hbond substituents is 1. The molecule has 21 heavy (non-hydrogen) atoms. The Kier molecular flexibility index (Phi) is 6.42. The van der Waals surface area contributed by atoms with Gasteiger partial charge in [-0.2, -0.15) is 0 Å². The summed E-state index contributed by atoms with van der Waals surface area (Å²) < 4.78 is 5.45. The summed E-state index contributed by atoms with van der Waals surface area (Å²) in [6.45, 7) is 0. The van der Waals surface area contributed by atoms with E-state index in [-0.39, 0.29) is 11.5 Å². The molecule has 8 heteroatoms. The third-order valence-corrected chi connectivity index (χ3v) is 2.80. The summed E-state index contributed by atoms with van der Waals surface area (Å²) in [5.41, 5.74) is 4.03. The van der Waals surface area contributed by atoms with Crippen molar-refractivity contribution in [2.45, 2.75) is 0 Å². The van der Waals surface area contributed by atoms with Gasteiger partial charge in [0.05, 0.1) is 5.02 Å². The van der Waals surface area contributed by atoms with Gasteiger partial charge in [0, 0.05) is 16.1 Å². The molecule has 0 unspecified atom stereocenters. The van der Waals surface area contributed by atoms with Crippen LogP contribution >= 0.6 is 34.8 Å². The molecule has 0 saturated carbocycles. The molecule has 0 radical (unpaired) electrons. The lowest BCUT2D eigenvalue weighted by Gasteiger charge is -2.09. The van der Waals surface area contributed by atoms with Crippen LogP contribution in [-0.2, 0) is 0 Å². The zero-order valence-corrected chi connectivity index (χ0v) is 12.7. The third-order valence-electron chi connectivity index (χ3n) is 2.03. The van der Waals surface area contributed by atoms with E-state index in [1.54, 1.807) is 30.3 Å². The molecule has 2 rings (SSSR count). The highest BCUT2D eigenvalue weighted by Crippen LogP contribution is 2.36. The highest BCUT2D eigenvalue weighted by atomic mass is 35.5. The van der Waals surface area contributed by atoms with E-state index in [2.05, 4.69) is 5.73 Å². The number of rotatable bonds is 2. The molecule has 1 amide bonds. The SMILES string of the molecule is NC(=O)O.Oc1cc(Cl)ccc1Oc1ccc(Cl)cc1Cl. The van der Waals surface area contributed by atoms with Crippen LogP contribution in [0.5, 0.6) is 17.2 Å². The van der Waals surface area contributed by atoms with Crippen molar-refractivity contribution in [1.82, 2.24) is 0 Å². The number of phenols is 1. The Bertz CT molecular complexity index is 596. The lowest BCUT2D eigenvalue weighted by atomic mass is 10.3. The van der Waals surface area contributed by atoms with E-state index in [0.717, 1.165) is 0 Å². The Labute approximate surface area is 135 Å². The van der Waals surface area contributed by atoms with E-state index in [9.17, 15) is 5.11 Å². The maximum absolute atomic E-state index is 9.62. The number of primary amides is 1. The fourth-order valence-corrected chi connectivity index (χ4v) is 1.87. The number of hydrogen-bond acceptors (Lipinski definition) is 3. The van der Waals surface area contributed by atoms with Gasteiger partial charge in [0.25, 0.3) is 0 Å². The third kappa shape index (κ3) is 5.99. The van der Waals surface area contributed by atoms with Crippen LogP contribution in [-0.4, -0.2) is 16.3 Å². The van der Waals surface area contributed by atoms with Gasteiger partial charge in [0.1, 0.15) is 5.75 Å². The summed E-state index contributed by atoms with van der Waals surface area (Å²) in [4.78, 5) is 8.78. The second kappa shape index (κ2) is 7.83. The zero-order valence-electron chi connectivity index (χ0n) is 10.4. The standard InChI is InChI=1S/C12H7Cl3O2.CH3NO2/c13-7-1-3-11(9(15)5-7)17-12-4-2-8(14)6-10(12)16;2-1(3)4/h1-6,16H;2H2,(H,3,4). The van der Waals surface area contributed by atoms with Gasteiger partial charge in [-0.15, -0.1) is 0 Å². The number of halogens is 3. The van der Waals surface area contributed by atoms with E-state index >= 15 is 0 Å². The largest absolute Gasteiger partial charge is 0.504 e. The van der Waals surface area contributed by atoms with Crippen molar-refractivity contribution in [1.29, 1.82) is 0 Å². The molecule has 2 aromatic carbocycles. The van der Waals surface area contributed by atoms with Crippen LogP contribution < -0.4 is 10.5 Å². The maximum Gasteiger partial charge on any atom is 0.402 e. The van der Waals surface area contributed by atoms with Crippen molar-refractivity contribution < 1.29 is 19.7 Å². The molecule has 0 atom stereocenters. The van der Waals surface area contributed by atoms with Gasteiger partial charge in [0.15, 0.2) is 11.5 Å². The normalized spacial score (nSPS) is 9.48. The molecule has 4 N–H and O–H groups in total. The van der Waals surface area contributed by atoms with Gasteiger partial charge >= 0.3 is 6.09 Å². The molecule has 0 aliphatic carbocycles. The number of nitrogens with two attached hydrogens (primary N) is 1. The number of ether oxygens (including phenoxy) is 1. The Morgan fingerprint density at radius 3 is 1.95 bits per heavy atom. The Hall–Kier alpha value is -1.82. The highest BCUT2D eigenvalue weighted by molar-refractivity contribution is 6.35. The van der Waals surface area contributed by atoms with E-state index in [1.165, 1.54) is 6.07 Å². The van der Waals surface area contributed by atoms with E-state index in [0.29, 0.717) is 20.8 Å². The van der Waals surface area contributed by atoms with E-state index in [4.69, 9.17) is 49.4 Å². The van der Waals surface area contributed by atoms with Crippen LogP contribution in [0, 0.1) is 0 Å². The average molecular weight is 351 g/mol. The number of carboxylic acid groups (broad SMARTS) is 1. The molecule has 0 aromatic heterocycles. The molecule has 2 aromatic rings. The number of hydrogen-bond donors (Lipinski definition) is 3. The summed E-state index contributed by atoms with van der Waals surface area (Å²) in [6.07, 6.45) is -1.33. The van der Waals surface area contributed by atoms with Crippen molar-refractivity contribution in [2.75, 3.05) is 0 Å². The second-order valence-corrected chi connectivity index (χ2v) is 4.91. The van der Waals surface area contributed by atoms with Gasteiger partial charge < -0.3 is 20.7 Å². The first kappa shape index (κ1) is 17.2. The molecule has 0 heterocycles. The minimum absolute atomic E-state index is 0.0523. The lowest BCUT2D eigenvalue weighted by Crippen LogP contribution is -2.03. The van der Waals surface area contributed by atoms with Crippen LogP contribution in [0.15, 0.2) is 36.4 Å². The zero-order chi connectivity index (χ0) is 16.0. The highest BCUT2D eigenvalue weighted by Gasteiger charge is 2.08. The fourth-order valence-electron chi connectivity index (χ4n) is 1.25. The molecule has 0 fully saturated rings. The summed E-state index contributed by atoms with van der Waals surface area (Å²) in [6, 6.07) is 9.39. The van der Waals surface area contributed by atoms with E-state index < -0.39 is 6.09 Å². The topological polar surface area (TPSA) is 92.8 Å². The molecule has 0 spiro atoms. The van der Waals surface area contributed by atoms with Crippen LogP contribution in [0.2, 0.25) is 15.1 Å². The van der Waals surface area contributed by atoms with E-state index in [1.807, 2.05) is 0 Å². The second-order valence-electron chi connectivity index (χ2n) is 3.63. The molecule has 0 aliphatic rings. The monoisotopic (exact) mass is 349 g/mol. The minimum atomic E-state index is -1.33. The van der Waals surface area contributed by atoms with Crippen LogP contribution in [0.3, 0.4) is 0 Å². The predicted molar refractivity (Wildman–Crippen MR) is 81.9 cm³/mol. The minimum Gasteiger partial charge on any atom is -0.504 e. The number of aromatic hydroxyl groups is 1. The van der Waals surface area contributed by atoms with Crippen molar-refractivity contribution in [3.05, 3.63) is 51.5 Å². The fraction of sp³-hybridized carbons (Fsp3) is 0. The molecule has 5 nitrogen and oxygen atoms in total. The van der Waals surface area contributed by atoms with Crippen molar-refractivity contribution in [3.63, 3.8) is 0 Å². The maximum atomic E-state index is 9.62. The summed E-state index contributed by atoms with van der Waals surface area (Å²) >= 11 is 17.4. The summed E-state index contributed by atoms with van der Waals surface area (Å²) in [5.74, 6) is 0.635. The number of carbonyl (C=O) groups is 1. The van der Waals surface area contributed by atoms with Crippen LogP contribution in [0.25, 0.3) is 0 Å². The molecular weight excluding hydrogens is 341 g/mol. The summed E-state index contributed by atoms with van der Waals surface area (Å²) in [5, 5.41) is 18.1. The first-order chi connectivity index (χ1) is 9.79. The van der Waals surface area contributed by atoms with Gasteiger partial charge in [-0.05, 0) is 30.3 Å². The van der Waals surface area contributed by atoms with Crippen LogP contribution in [0.4, 0.5) is 4.79 Å². The van der Waals surface area contributed by atoms with Gasteiger partial charge in [0.2, 0.25) is 0 Å². The van der Waals surface area contributed by atoms with Crippen molar-refractivity contribution in [2.24, 2.45) is 5.73 Å². The van der Waals surface area contributed by atoms with Gasteiger partial charge in [-0.25, -0.2) is 4.79 Å². The Morgan fingerprint density at radius 2 is 1.48 bits per heavy atom. The quantitative estimate of drug-likeness (QED) is 0.727. The Morgan fingerprint density at radius 1 is 1.00 bits per heavy atom. The van der Waals surface area contributed by atoms with Crippen molar-refractivity contribution in [3.8, 4) is 17.2 Å². The number of benzene rings is 2. The molecule has 0 aliphatic heterocycles.